The number of hydrogen-bond acceptors (Lipinski definition) is 2. The molecule has 0 saturated heterocycles. The highest BCUT2D eigenvalue weighted by molar-refractivity contribution is 9.10. The molecule has 1 fully saturated rings. The van der Waals surface area contributed by atoms with E-state index in [1.54, 1.807) is 0 Å². The van der Waals surface area contributed by atoms with Crippen molar-refractivity contribution in [3.63, 3.8) is 0 Å². The monoisotopic (exact) mass is 299 g/mol. The van der Waals surface area contributed by atoms with Gasteiger partial charge in [0.25, 0.3) is 0 Å². The molecule has 0 radical (unpaired) electrons. The molecule has 17 heavy (non-hydrogen) atoms. The van der Waals surface area contributed by atoms with Crippen molar-refractivity contribution >= 4 is 15.9 Å². The maximum absolute atomic E-state index is 4.50. The molecule has 2 atom stereocenters. The van der Waals surface area contributed by atoms with Gasteiger partial charge in [0.1, 0.15) is 0 Å². The summed E-state index contributed by atoms with van der Waals surface area (Å²) in [6.07, 6.45) is 6.79. The van der Waals surface area contributed by atoms with Crippen molar-refractivity contribution in [3.8, 4) is 0 Å². The van der Waals surface area contributed by atoms with E-state index in [4.69, 9.17) is 0 Å². The Bertz CT molecular complexity index is 388. The first-order valence-electron chi connectivity index (χ1n) is 6.50. The summed E-state index contributed by atoms with van der Waals surface area (Å²) in [7, 11) is 2.06. The third kappa shape index (κ3) is 2.43. The van der Waals surface area contributed by atoms with Crippen LogP contribution < -0.4 is 5.32 Å². The van der Waals surface area contributed by atoms with Gasteiger partial charge in [0, 0.05) is 18.0 Å². The van der Waals surface area contributed by atoms with E-state index in [1.165, 1.54) is 29.4 Å². The number of aryl methyl sites for hydroxylation is 1. The molecule has 2 rings (SSSR count). The number of aromatic nitrogens is 2. The van der Waals surface area contributed by atoms with Gasteiger partial charge in [-0.15, -0.1) is 0 Å². The highest BCUT2D eigenvalue weighted by atomic mass is 79.9. The number of hydrogen-bond donors (Lipinski definition) is 1. The van der Waals surface area contributed by atoms with Crippen molar-refractivity contribution in [2.45, 2.75) is 57.5 Å². The Hall–Kier alpha value is -0.350. The molecule has 0 amide bonds. The number of nitrogens with one attached hydrogen (secondary N) is 1. The van der Waals surface area contributed by atoms with Crippen LogP contribution in [0.15, 0.2) is 10.7 Å². The summed E-state index contributed by atoms with van der Waals surface area (Å²) in [5, 5.41) is 7.90. The molecule has 2 unspecified atom stereocenters. The van der Waals surface area contributed by atoms with E-state index in [0.29, 0.717) is 6.04 Å². The molecule has 0 aromatic carbocycles. The fourth-order valence-electron chi connectivity index (χ4n) is 3.05. The van der Waals surface area contributed by atoms with E-state index < -0.39 is 0 Å². The van der Waals surface area contributed by atoms with Crippen molar-refractivity contribution in [2.24, 2.45) is 0 Å². The second-order valence-electron chi connectivity index (χ2n) is 5.35. The lowest BCUT2D eigenvalue weighted by atomic mass is 9.84. The van der Waals surface area contributed by atoms with Crippen LogP contribution in [0.25, 0.3) is 0 Å². The molecule has 1 aromatic heterocycles. The zero-order valence-electron chi connectivity index (χ0n) is 11.0. The van der Waals surface area contributed by atoms with Crippen molar-refractivity contribution in [3.05, 3.63) is 16.4 Å². The minimum Gasteiger partial charge on any atom is -0.317 e. The second-order valence-corrected chi connectivity index (χ2v) is 6.21. The summed E-state index contributed by atoms with van der Waals surface area (Å²) in [6.45, 7) is 5.59. The molecular formula is C13H22BrN3. The minimum absolute atomic E-state index is 0.262. The van der Waals surface area contributed by atoms with E-state index in [2.05, 4.69) is 51.9 Å². The van der Waals surface area contributed by atoms with Crippen LogP contribution in [-0.2, 0) is 12.0 Å². The minimum atomic E-state index is 0.262. The van der Waals surface area contributed by atoms with Gasteiger partial charge in [-0.05, 0) is 48.7 Å². The van der Waals surface area contributed by atoms with Gasteiger partial charge in [-0.2, -0.15) is 5.10 Å². The molecule has 1 heterocycles. The predicted octanol–water partition coefficient (Wildman–Crippen LogP) is 3.09. The average Bonchev–Trinajstić information content (AvgIpc) is 2.84. The standard InChI is InChI=1S/C13H22BrN3/c1-4-7-17-12(11(14)9-16-17)13(2)6-5-10(8-13)15-3/h9-10,15H,4-8H2,1-3H3. The maximum Gasteiger partial charge on any atom is 0.0635 e. The summed E-state index contributed by atoms with van der Waals surface area (Å²) in [5.74, 6) is 0. The predicted molar refractivity (Wildman–Crippen MR) is 74.3 cm³/mol. The first-order chi connectivity index (χ1) is 8.10. The quantitative estimate of drug-likeness (QED) is 0.926. The lowest BCUT2D eigenvalue weighted by Gasteiger charge is -2.26. The van der Waals surface area contributed by atoms with Crippen LogP contribution in [0.2, 0.25) is 0 Å². The normalized spacial score (nSPS) is 28.8. The van der Waals surface area contributed by atoms with Crippen LogP contribution in [0.4, 0.5) is 0 Å². The van der Waals surface area contributed by atoms with Crippen molar-refractivity contribution in [1.82, 2.24) is 15.1 Å². The Morgan fingerprint density at radius 2 is 2.41 bits per heavy atom. The van der Waals surface area contributed by atoms with Crippen molar-refractivity contribution in [2.75, 3.05) is 7.05 Å². The Morgan fingerprint density at radius 1 is 1.65 bits per heavy atom. The van der Waals surface area contributed by atoms with Gasteiger partial charge < -0.3 is 5.32 Å². The number of nitrogens with zero attached hydrogens (tertiary/aromatic N) is 2. The van der Waals surface area contributed by atoms with Crippen LogP contribution in [0.3, 0.4) is 0 Å². The lowest BCUT2D eigenvalue weighted by Crippen LogP contribution is -2.28. The number of rotatable bonds is 4. The maximum atomic E-state index is 4.50. The van der Waals surface area contributed by atoms with E-state index in [0.717, 1.165) is 13.0 Å². The summed E-state index contributed by atoms with van der Waals surface area (Å²) in [6, 6.07) is 0.650. The fourth-order valence-corrected chi connectivity index (χ4v) is 3.82. The first kappa shape index (κ1) is 13.1. The number of halogens is 1. The summed E-state index contributed by atoms with van der Waals surface area (Å²) < 4.78 is 3.35. The van der Waals surface area contributed by atoms with E-state index >= 15 is 0 Å². The zero-order valence-corrected chi connectivity index (χ0v) is 12.5. The van der Waals surface area contributed by atoms with Crippen LogP contribution in [0.1, 0.15) is 45.2 Å². The highest BCUT2D eigenvalue weighted by Gasteiger charge is 2.39. The summed E-state index contributed by atoms with van der Waals surface area (Å²) in [5.41, 5.74) is 1.65. The average molecular weight is 300 g/mol. The summed E-state index contributed by atoms with van der Waals surface area (Å²) in [4.78, 5) is 0. The smallest absolute Gasteiger partial charge is 0.0635 e. The molecule has 1 N–H and O–H groups in total. The van der Waals surface area contributed by atoms with E-state index in [1.807, 2.05) is 6.20 Å². The second kappa shape index (κ2) is 5.11. The largest absolute Gasteiger partial charge is 0.317 e. The molecule has 4 heteroatoms. The Kier molecular flexibility index (Phi) is 3.93. The molecule has 0 aliphatic heterocycles. The topological polar surface area (TPSA) is 29.9 Å². The molecule has 96 valence electrons. The van der Waals surface area contributed by atoms with Gasteiger partial charge in [0.15, 0.2) is 0 Å². The molecule has 1 aliphatic rings. The Labute approximate surface area is 112 Å². The van der Waals surface area contributed by atoms with Gasteiger partial charge in [0.05, 0.1) is 16.4 Å². The third-order valence-electron chi connectivity index (χ3n) is 3.95. The zero-order chi connectivity index (χ0) is 12.5. The van der Waals surface area contributed by atoms with Crippen LogP contribution in [0.5, 0.6) is 0 Å². The van der Waals surface area contributed by atoms with Gasteiger partial charge in [0.2, 0.25) is 0 Å². The lowest BCUT2D eigenvalue weighted by molar-refractivity contribution is 0.412. The Balaban J connectivity index is 2.29. The molecular weight excluding hydrogens is 278 g/mol. The molecule has 0 bridgehead atoms. The molecule has 3 nitrogen and oxygen atoms in total. The summed E-state index contributed by atoms with van der Waals surface area (Å²) >= 11 is 3.67. The van der Waals surface area contributed by atoms with E-state index in [9.17, 15) is 0 Å². The van der Waals surface area contributed by atoms with Crippen LogP contribution in [0, 0.1) is 0 Å². The van der Waals surface area contributed by atoms with E-state index in [-0.39, 0.29) is 5.41 Å². The SMILES string of the molecule is CCCn1ncc(Br)c1C1(C)CCC(NC)C1. The van der Waals surface area contributed by atoms with Gasteiger partial charge in [-0.1, -0.05) is 13.8 Å². The van der Waals surface area contributed by atoms with Gasteiger partial charge >= 0.3 is 0 Å². The van der Waals surface area contributed by atoms with Crippen molar-refractivity contribution < 1.29 is 0 Å². The fraction of sp³-hybridized carbons (Fsp3) is 0.769. The van der Waals surface area contributed by atoms with Crippen molar-refractivity contribution in [1.29, 1.82) is 0 Å². The molecule has 0 spiro atoms. The molecule has 1 aromatic rings. The molecule has 1 aliphatic carbocycles. The third-order valence-corrected chi connectivity index (χ3v) is 4.53. The van der Waals surface area contributed by atoms with Gasteiger partial charge in [-0.25, -0.2) is 0 Å². The van der Waals surface area contributed by atoms with Crippen LogP contribution >= 0.6 is 15.9 Å². The Morgan fingerprint density at radius 3 is 3.00 bits per heavy atom. The van der Waals surface area contributed by atoms with Gasteiger partial charge in [-0.3, -0.25) is 4.68 Å². The van der Waals surface area contributed by atoms with Crippen LogP contribution in [-0.4, -0.2) is 22.9 Å². The highest BCUT2D eigenvalue weighted by Crippen LogP contribution is 2.43. The molecule has 1 saturated carbocycles. The first-order valence-corrected chi connectivity index (χ1v) is 7.29.